The Morgan fingerprint density at radius 2 is 1.84 bits per heavy atom. The van der Waals surface area contributed by atoms with Gasteiger partial charge in [-0.2, -0.15) is 0 Å². The second kappa shape index (κ2) is 6.13. The van der Waals surface area contributed by atoms with E-state index >= 15 is 0 Å². The van der Waals surface area contributed by atoms with E-state index in [-0.39, 0.29) is 0 Å². The molecule has 0 aromatic carbocycles. The maximum atomic E-state index is 3.71. The van der Waals surface area contributed by atoms with Crippen molar-refractivity contribution in [1.82, 2.24) is 10.2 Å². The first-order valence-corrected chi connectivity index (χ1v) is 8.83. The Kier molecular flexibility index (Phi) is 4.48. The highest BCUT2D eigenvalue weighted by Crippen LogP contribution is 2.41. The van der Waals surface area contributed by atoms with Gasteiger partial charge in [-0.05, 0) is 31.6 Å². The van der Waals surface area contributed by atoms with Crippen LogP contribution in [0.5, 0.6) is 0 Å². The van der Waals surface area contributed by atoms with E-state index in [1.54, 1.807) is 0 Å². The molecule has 2 heteroatoms. The molecule has 1 N–H and O–H groups in total. The largest absolute Gasteiger partial charge is 0.314 e. The molecule has 1 aliphatic heterocycles. The summed E-state index contributed by atoms with van der Waals surface area (Å²) in [5.74, 6) is 0.977. The topological polar surface area (TPSA) is 15.3 Å². The summed E-state index contributed by atoms with van der Waals surface area (Å²) in [6, 6.07) is 0.902. The molecule has 19 heavy (non-hydrogen) atoms. The van der Waals surface area contributed by atoms with Crippen molar-refractivity contribution in [1.29, 1.82) is 0 Å². The Hall–Kier alpha value is -0.0800. The lowest BCUT2D eigenvalue weighted by Gasteiger charge is -2.55. The highest BCUT2D eigenvalue weighted by atomic mass is 15.3. The first kappa shape index (κ1) is 13.9. The van der Waals surface area contributed by atoms with Gasteiger partial charge in [0.05, 0.1) is 0 Å². The molecule has 2 saturated carbocycles. The summed E-state index contributed by atoms with van der Waals surface area (Å²) in [5.41, 5.74) is 0.534. The summed E-state index contributed by atoms with van der Waals surface area (Å²) in [7, 11) is 0. The molecule has 1 spiro atoms. The van der Waals surface area contributed by atoms with Gasteiger partial charge in [-0.15, -0.1) is 0 Å². The molecule has 3 aliphatic rings. The predicted octanol–water partition coefficient (Wildman–Crippen LogP) is 3.56. The van der Waals surface area contributed by atoms with Gasteiger partial charge >= 0.3 is 0 Å². The van der Waals surface area contributed by atoms with E-state index in [0.717, 1.165) is 12.0 Å². The monoisotopic (exact) mass is 264 g/mol. The molecule has 2 atom stereocenters. The maximum Gasteiger partial charge on any atom is 0.0337 e. The van der Waals surface area contributed by atoms with Crippen LogP contribution in [0.3, 0.4) is 0 Å². The highest BCUT2D eigenvalue weighted by Gasteiger charge is 2.44. The number of rotatable bonds is 2. The van der Waals surface area contributed by atoms with E-state index in [4.69, 9.17) is 0 Å². The molecule has 2 unspecified atom stereocenters. The molecule has 1 saturated heterocycles. The Bertz CT molecular complexity index is 275. The fraction of sp³-hybridized carbons (Fsp3) is 1.00. The minimum absolute atomic E-state index is 0.534. The third-order valence-corrected chi connectivity index (χ3v) is 6.17. The van der Waals surface area contributed by atoms with Gasteiger partial charge in [-0.25, -0.2) is 0 Å². The molecular formula is C17H32N2. The first-order valence-electron chi connectivity index (χ1n) is 8.83. The van der Waals surface area contributed by atoms with Crippen molar-refractivity contribution in [2.75, 3.05) is 19.6 Å². The van der Waals surface area contributed by atoms with Crippen LogP contribution in [0, 0.1) is 5.92 Å². The van der Waals surface area contributed by atoms with Gasteiger partial charge in [0.1, 0.15) is 0 Å². The molecule has 0 bridgehead atoms. The van der Waals surface area contributed by atoms with Crippen LogP contribution in [0.15, 0.2) is 0 Å². The van der Waals surface area contributed by atoms with Crippen molar-refractivity contribution >= 4 is 0 Å². The highest BCUT2D eigenvalue weighted by molar-refractivity contribution is 5.02. The average Bonchev–Trinajstić information content (AvgIpc) is 2.49. The molecule has 3 rings (SSSR count). The Labute approximate surface area is 119 Å². The lowest BCUT2D eigenvalue weighted by Crippen LogP contribution is -2.66. The fourth-order valence-corrected chi connectivity index (χ4v) is 5.13. The summed E-state index contributed by atoms with van der Waals surface area (Å²) in [6.45, 7) is 6.20. The molecule has 3 fully saturated rings. The standard InChI is InChI=1S/C17H32N2/c1-2-15-8-4-5-9-16(15)19-13-12-18-14-17(19)10-6-3-7-11-17/h15-16,18H,2-14H2,1H3. The van der Waals surface area contributed by atoms with Crippen LogP contribution in [0.1, 0.15) is 71.1 Å². The first-order chi connectivity index (χ1) is 9.36. The molecule has 2 nitrogen and oxygen atoms in total. The van der Waals surface area contributed by atoms with Crippen molar-refractivity contribution in [3.05, 3.63) is 0 Å². The molecule has 0 aromatic heterocycles. The molecule has 0 radical (unpaired) electrons. The Balaban J connectivity index is 1.78. The number of hydrogen-bond acceptors (Lipinski definition) is 2. The van der Waals surface area contributed by atoms with Crippen molar-refractivity contribution in [2.24, 2.45) is 5.92 Å². The van der Waals surface area contributed by atoms with E-state index in [1.807, 2.05) is 0 Å². The van der Waals surface area contributed by atoms with Crippen molar-refractivity contribution in [3.63, 3.8) is 0 Å². The van der Waals surface area contributed by atoms with E-state index in [2.05, 4.69) is 17.1 Å². The summed E-state index contributed by atoms with van der Waals surface area (Å²) < 4.78 is 0. The van der Waals surface area contributed by atoms with Crippen molar-refractivity contribution < 1.29 is 0 Å². The van der Waals surface area contributed by atoms with Crippen LogP contribution >= 0.6 is 0 Å². The minimum atomic E-state index is 0.534. The van der Waals surface area contributed by atoms with E-state index in [9.17, 15) is 0 Å². The van der Waals surface area contributed by atoms with Gasteiger partial charge in [0.25, 0.3) is 0 Å². The van der Waals surface area contributed by atoms with Gasteiger partial charge in [0, 0.05) is 31.2 Å². The van der Waals surface area contributed by atoms with Gasteiger partial charge < -0.3 is 5.32 Å². The summed E-state index contributed by atoms with van der Waals surface area (Å²) in [6.07, 6.45) is 14.6. The van der Waals surface area contributed by atoms with Crippen molar-refractivity contribution in [2.45, 2.75) is 82.7 Å². The molecule has 0 aromatic rings. The normalized spacial score (nSPS) is 36.5. The maximum absolute atomic E-state index is 3.71. The van der Waals surface area contributed by atoms with Gasteiger partial charge in [0.2, 0.25) is 0 Å². The zero-order chi connectivity index (χ0) is 13.1. The molecule has 1 heterocycles. The second-order valence-corrected chi connectivity index (χ2v) is 7.18. The van der Waals surface area contributed by atoms with Crippen LogP contribution in [-0.2, 0) is 0 Å². The van der Waals surface area contributed by atoms with E-state index < -0.39 is 0 Å². The van der Waals surface area contributed by atoms with Crippen LogP contribution in [0.25, 0.3) is 0 Å². The fourth-order valence-electron chi connectivity index (χ4n) is 5.13. The SMILES string of the molecule is CCC1CCCCC1N1CCNCC12CCCCC2. The zero-order valence-corrected chi connectivity index (χ0v) is 12.8. The second-order valence-electron chi connectivity index (χ2n) is 7.18. The van der Waals surface area contributed by atoms with Crippen LogP contribution in [0.2, 0.25) is 0 Å². The lowest BCUT2D eigenvalue weighted by molar-refractivity contribution is -0.0392. The van der Waals surface area contributed by atoms with E-state index in [1.165, 1.54) is 83.8 Å². The van der Waals surface area contributed by atoms with Gasteiger partial charge in [-0.1, -0.05) is 45.4 Å². The van der Waals surface area contributed by atoms with Crippen LogP contribution < -0.4 is 5.32 Å². The number of piperazine rings is 1. The molecule has 110 valence electrons. The van der Waals surface area contributed by atoms with Gasteiger partial charge in [-0.3, -0.25) is 4.90 Å². The minimum Gasteiger partial charge on any atom is -0.314 e. The average molecular weight is 264 g/mol. The summed E-state index contributed by atoms with van der Waals surface area (Å²) >= 11 is 0. The van der Waals surface area contributed by atoms with Crippen LogP contribution in [0.4, 0.5) is 0 Å². The summed E-state index contributed by atoms with van der Waals surface area (Å²) in [5, 5.41) is 3.71. The zero-order valence-electron chi connectivity index (χ0n) is 12.8. The van der Waals surface area contributed by atoms with Gasteiger partial charge in [0.15, 0.2) is 0 Å². The van der Waals surface area contributed by atoms with Crippen molar-refractivity contribution in [3.8, 4) is 0 Å². The van der Waals surface area contributed by atoms with Crippen LogP contribution in [-0.4, -0.2) is 36.1 Å². The third kappa shape index (κ3) is 2.71. The molecular weight excluding hydrogens is 232 g/mol. The quantitative estimate of drug-likeness (QED) is 0.820. The predicted molar refractivity (Wildman–Crippen MR) is 81.4 cm³/mol. The summed E-state index contributed by atoms with van der Waals surface area (Å²) in [4.78, 5) is 3.00. The molecule has 0 amide bonds. The molecule has 2 aliphatic carbocycles. The number of hydrogen-bond donors (Lipinski definition) is 1. The Morgan fingerprint density at radius 1 is 1.05 bits per heavy atom. The smallest absolute Gasteiger partial charge is 0.0337 e. The number of nitrogens with one attached hydrogen (secondary N) is 1. The third-order valence-electron chi connectivity index (χ3n) is 6.17. The number of nitrogens with zero attached hydrogens (tertiary/aromatic N) is 1. The lowest BCUT2D eigenvalue weighted by atomic mass is 9.74. The van der Waals surface area contributed by atoms with E-state index in [0.29, 0.717) is 5.54 Å². The Morgan fingerprint density at radius 3 is 2.63 bits per heavy atom.